The van der Waals surface area contributed by atoms with Crippen molar-refractivity contribution in [3.8, 4) is 0 Å². The van der Waals surface area contributed by atoms with E-state index in [4.69, 9.17) is 14.0 Å². The number of rotatable bonds is 4. The lowest BCUT2D eigenvalue weighted by molar-refractivity contribution is 0.00578. The number of nitrogens with zero attached hydrogens (tertiary/aromatic N) is 2. The van der Waals surface area contributed by atoms with Crippen molar-refractivity contribution >= 4 is 29.6 Å². The third kappa shape index (κ3) is 2.96. The van der Waals surface area contributed by atoms with Gasteiger partial charge in [0.1, 0.15) is 0 Å². The van der Waals surface area contributed by atoms with E-state index in [2.05, 4.69) is 16.5 Å². The minimum atomic E-state index is -0.565. The van der Waals surface area contributed by atoms with Gasteiger partial charge in [0.25, 0.3) is 0 Å². The summed E-state index contributed by atoms with van der Waals surface area (Å²) in [4.78, 5) is 16.5. The lowest BCUT2D eigenvalue weighted by atomic mass is 9.77. The van der Waals surface area contributed by atoms with E-state index in [1.807, 2.05) is 27.7 Å². The Morgan fingerprint density at radius 1 is 1.24 bits per heavy atom. The summed E-state index contributed by atoms with van der Waals surface area (Å²) in [6.07, 6.45) is 2.77. The van der Waals surface area contributed by atoms with Gasteiger partial charge in [0.05, 0.1) is 41.2 Å². The molecule has 134 valence electrons. The molecule has 0 spiro atoms. The first-order valence-electron chi connectivity index (χ1n) is 8.63. The van der Waals surface area contributed by atoms with Crippen LogP contribution in [0.5, 0.6) is 0 Å². The standard InChI is InChI=1S/C18H25BN2O4/c1-7-8-21-11-20-14-10-12(16(22)23-6)9-13(15(14)21)19-24-17(2,3)18(4,5)25-19/h9-11H,7-8H2,1-6H3. The largest absolute Gasteiger partial charge is 0.497 e. The van der Waals surface area contributed by atoms with Crippen LogP contribution in [0.2, 0.25) is 0 Å². The van der Waals surface area contributed by atoms with Crippen LogP contribution in [0.4, 0.5) is 0 Å². The zero-order valence-electron chi connectivity index (χ0n) is 15.8. The van der Waals surface area contributed by atoms with Gasteiger partial charge in [-0.25, -0.2) is 9.78 Å². The third-order valence-corrected chi connectivity index (χ3v) is 5.14. The number of aryl methyl sites for hydroxylation is 1. The molecule has 0 atom stereocenters. The molecule has 1 aliphatic heterocycles. The molecule has 0 bridgehead atoms. The van der Waals surface area contributed by atoms with Crippen molar-refractivity contribution < 1.29 is 18.8 Å². The van der Waals surface area contributed by atoms with Gasteiger partial charge in [0.2, 0.25) is 0 Å². The second-order valence-electron chi connectivity index (χ2n) is 7.45. The molecule has 7 heteroatoms. The molecule has 2 aromatic rings. The predicted molar refractivity (Wildman–Crippen MR) is 97.1 cm³/mol. The summed E-state index contributed by atoms with van der Waals surface area (Å²) in [7, 11) is 0.806. The van der Waals surface area contributed by atoms with Gasteiger partial charge in [-0.15, -0.1) is 0 Å². The number of benzene rings is 1. The maximum atomic E-state index is 12.1. The van der Waals surface area contributed by atoms with Crippen LogP contribution in [-0.2, 0) is 20.6 Å². The molecule has 1 aliphatic rings. The highest BCUT2D eigenvalue weighted by Crippen LogP contribution is 2.37. The summed E-state index contributed by atoms with van der Waals surface area (Å²) >= 11 is 0. The highest BCUT2D eigenvalue weighted by molar-refractivity contribution is 6.65. The number of hydrogen-bond donors (Lipinski definition) is 0. The van der Waals surface area contributed by atoms with Crippen LogP contribution in [0.15, 0.2) is 18.5 Å². The lowest BCUT2D eigenvalue weighted by Crippen LogP contribution is -2.41. The Labute approximate surface area is 148 Å². The first-order valence-corrected chi connectivity index (χ1v) is 8.63. The lowest BCUT2D eigenvalue weighted by Gasteiger charge is -2.32. The second kappa shape index (κ2) is 6.14. The number of aromatic nitrogens is 2. The van der Waals surface area contributed by atoms with Crippen LogP contribution in [0.3, 0.4) is 0 Å². The highest BCUT2D eigenvalue weighted by atomic mass is 16.7. The van der Waals surface area contributed by atoms with Crippen molar-refractivity contribution in [3.63, 3.8) is 0 Å². The molecule has 1 aromatic carbocycles. The van der Waals surface area contributed by atoms with Crippen molar-refractivity contribution in [1.29, 1.82) is 0 Å². The molecule has 6 nitrogen and oxygen atoms in total. The molecule has 2 heterocycles. The molecule has 25 heavy (non-hydrogen) atoms. The Balaban J connectivity index is 2.17. The Kier molecular flexibility index (Phi) is 4.41. The van der Waals surface area contributed by atoms with Gasteiger partial charge in [0.15, 0.2) is 0 Å². The maximum Gasteiger partial charge on any atom is 0.497 e. The molecule has 1 aromatic heterocycles. The molecular weight excluding hydrogens is 319 g/mol. The molecule has 0 N–H and O–H groups in total. The molecule has 0 saturated carbocycles. The summed E-state index contributed by atoms with van der Waals surface area (Å²) in [5.41, 5.74) is 2.01. The smallest absolute Gasteiger partial charge is 0.465 e. The van der Waals surface area contributed by atoms with Crippen LogP contribution in [0.1, 0.15) is 51.4 Å². The molecule has 1 fully saturated rings. The normalized spacial score (nSPS) is 18.7. The van der Waals surface area contributed by atoms with Gasteiger partial charge in [-0.05, 0) is 46.2 Å². The number of methoxy groups -OCH3 is 1. The van der Waals surface area contributed by atoms with Crippen LogP contribution in [-0.4, -0.2) is 41.0 Å². The van der Waals surface area contributed by atoms with Crippen molar-refractivity contribution in [2.45, 2.75) is 58.8 Å². The van der Waals surface area contributed by atoms with Gasteiger partial charge in [-0.3, -0.25) is 0 Å². The van der Waals surface area contributed by atoms with Crippen molar-refractivity contribution in [3.05, 3.63) is 24.0 Å². The number of hydrogen-bond acceptors (Lipinski definition) is 5. The van der Waals surface area contributed by atoms with Gasteiger partial charge in [0, 0.05) is 12.0 Å². The van der Waals surface area contributed by atoms with Crippen LogP contribution >= 0.6 is 0 Å². The average molecular weight is 344 g/mol. The Hall–Kier alpha value is -1.86. The van der Waals surface area contributed by atoms with E-state index >= 15 is 0 Å². The van der Waals surface area contributed by atoms with E-state index in [0.717, 1.165) is 29.5 Å². The summed E-state index contributed by atoms with van der Waals surface area (Å²) in [6, 6.07) is 3.55. The van der Waals surface area contributed by atoms with E-state index < -0.39 is 24.3 Å². The fourth-order valence-corrected chi connectivity index (χ4v) is 3.04. The Morgan fingerprint density at radius 2 is 1.88 bits per heavy atom. The van der Waals surface area contributed by atoms with Crippen molar-refractivity contribution in [1.82, 2.24) is 9.55 Å². The fraction of sp³-hybridized carbons (Fsp3) is 0.556. The minimum absolute atomic E-state index is 0.398. The molecule has 0 unspecified atom stereocenters. The quantitative estimate of drug-likeness (QED) is 0.630. The zero-order valence-corrected chi connectivity index (χ0v) is 15.8. The summed E-state index contributed by atoms with van der Waals surface area (Å²) in [5, 5.41) is 0. The number of fused-ring (bicyclic) bond motifs is 1. The minimum Gasteiger partial charge on any atom is -0.465 e. The van der Waals surface area contributed by atoms with Gasteiger partial charge < -0.3 is 18.6 Å². The van der Waals surface area contributed by atoms with Gasteiger partial charge in [-0.1, -0.05) is 6.92 Å². The second-order valence-corrected chi connectivity index (χ2v) is 7.45. The number of ether oxygens (including phenoxy) is 1. The number of esters is 1. The van der Waals surface area contributed by atoms with Crippen molar-refractivity contribution in [2.75, 3.05) is 7.11 Å². The summed E-state index contributed by atoms with van der Waals surface area (Å²) < 4.78 is 19.4. The predicted octanol–water partition coefficient (Wildman–Crippen LogP) is 2.53. The van der Waals surface area contributed by atoms with E-state index in [0.29, 0.717) is 5.56 Å². The molecule has 1 saturated heterocycles. The fourth-order valence-electron chi connectivity index (χ4n) is 3.04. The van der Waals surface area contributed by atoms with Gasteiger partial charge in [-0.2, -0.15) is 0 Å². The van der Waals surface area contributed by atoms with Crippen molar-refractivity contribution in [2.24, 2.45) is 0 Å². The van der Waals surface area contributed by atoms with Gasteiger partial charge >= 0.3 is 13.1 Å². The van der Waals surface area contributed by atoms with Crippen LogP contribution in [0.25, 0.3) is 11.0 Å². The number of imidazole rings is 1. The highest BCUT2D eigenvalue weighted by Gasteiger charge is 2.52. The van der Waals surface area contributed by atoms with E-state index in [1.165, 1.54) is 7.11 Å². The molecule has 3 rings (SSSR count). The zero-order chi connectivity index (χ0) is 18.4. The summed E-state index contributed by atoms with van der Waals surface area (Å²) in [6.45, 7) is 11.0. The Morgan fingerprint density at radius 3 is 2.44 bits per heavy atom. The number of carbonyl (C=O) groups is 1. The number of carbonyl (C=O) groups excluding carboxylic acids is 1. The first-order chi connectivity index (χ1) is 11.7. The molecule has 0 radical (unpaired) electrons. The SMILES string of the molecule is CCCn1cnc2cc(C(=O)OC)cc(B3OC(C)(C)C(C)(C)O3)c21. The Bertz CT molecular complexity index is 797. The van der Waals surface area contributed by atoms with E-state index in [9.17, 15) is 4.79 Å². The van der Waals surface area contributed by atoms with E-state index in [1.54, 1.807) is 18.5 Å². The molecular formula is C18H25BN2O4. The third-order valence-electron chi connectivity index (χ3n) is 5.14. The maximum absolute atomic E-state index is 12.1. The topological polar surface area (TPSA) is 62.6 Å². The van der Waals surface area contributed by atoms with Crippen LogP contribution in [0, 0.1) is 0 Å². The monoisotopic (exact) mass is 344 g/mol. The average Bonchev–Trinajstić information content (AvgIpc) is 3.04. The summed E-state index contributed by atoms with van der Waals surface area (Å²) in [5.74, 6) is -0.398. The first kappa shape index (κ1) is 18.0. The van der Waals surface area contributed by atoms with Crippen LogP contribution < -0.4 is 5.46 Å². The molecule has 0 amide bonds. The van der Waals surface area contributed by atoms with E-state index in [-0.39, 0.29) is 0 Å². The molecule has 0 aliphatic carbocycles.